The number of hydrogen-bond donors (Lipinski definition) is 1. The van der Waals surface area contributed by atoms with Crippen molar-refractivity contribution in [1.82, 2.24) is 4.98 Å². The molecule has 0 aliphatic carbocycles. The van der Waals surface area contributed by atoms with Crippen molar-refractivity contribution < 1.29 is 32.2 Å². The number of halogens is 3. The molecule has 0 radical (unpaired) electrons. The third kappa shape index (κ3) is 5.20. The predicted octanol–water partition coefficient (Wildman–Crippen LogP) is 7.14. The van der Waals surface area contributed by atoms with Gasteiger partial charge in [0.25, 0.3) is 0 Å². The number of hydrogen-bond acceptors (Lipinski definition) is 5. The van der Waals surface area contributed by atoms with E-state index in [1.165, 1.54) is 12.1 Å². The first-order chi connectivity index (χ1) is 16.1. The molecule has 4 rings (SSSR count). The first-order valence-electron chi connectivity index (χ1n) is 10.3. The number of carboxylic acids is 1. The molecular weight excluding hydrogens is 467 g/mol. The first-order valence-corrected chi connectivity index (χ1v) is 11.2. The predicted molar refractivity (Wildman–Crippen MR) is 123 cm³/mol. The van der Waals surface area contributed by atoms with E-state index in [1.54, 1.807) is 23.9 Å². The van der Waals surface area contributed by atoms with Crippen LogP contribution in [0.5, 0.6) is 5.75 Å². The van der Waals surface area contributed by atoms with E-state index in [0.29, 0.717) is 22.4 Å². The second-order valence-corrected chi connectivity index (χ2v) is 9.07. The molecule has 1 atom stereocenters. The highest BCUT2D eigenvalue weighted by atomic mass is 32.2. The fourth-order valence-corrected chi connectivity index (χ4v) is 4.59. The number of para-hydroxylation sites is 1. The number of aliphatic carboxylic acids is 1. The van der Waals surface area contributed by atoms with Gasteiger partial charge in [0.05, 0.1) is 5.56 Å². The van der Waals surface area contributed by atoms with Crippen molar-refractivity contribution in [3.8, 4) is 17.2 Å². The molecule has 0 saturated carbocycles. The molecule has 3 aromatic carbocycles. The number of aryl methyl sites for hydroxylation is 1. The maximum Gasteiger partial charge on any atom is 0.416 e. The standard InChI is InChI=1S/C25H20F3NO4S/c1-14-12-18(10-11-21(14)32-13-22(30)31)34-15(2)19-4-3-5-20-23(19)33-24(29-20)16-6-8-17(9-7-16)25(26,27)28/h3-12,15H,13H2,1-2H3,(H,30,31). The minimum Gasteiger partial charge on any atom is -0.482 e. The van der Waals surface area contributed by atoms with E-state index in [2.05, 4.69) is 4.98 Å². The molecule has 0 spiro atoms. The fourth-order valence-electron chi connectivity index (χ4n) is 3.48. The summed E-state index contributed by atoms with van der Waals surface area (Å²) in [6, 6.07) is 15.8. The van der Waals surface area contributed by atoms with Crippen LogP contribution in [0.3, 0.4) is 0 Å². The van der Waals surface area contributed by atoms with E-state index in [9.17, 15) is 18.0 Å². The number of ether oxygens (including phenoxy) is 1. The Kier molecular flexibility index (Phi) is 6.56. The Labute approximate surface area is 197 Å². The van der Waals surface area contributed by atoms with E-state index >= 15 is 0 Å². The number of alkyl halides is 3. The van der Waals surface area contributed by atoms with Gasteiger partial charge in [-0.1, -0.05) is 12.1 Å². The van der Waals surface area contributed by atoms with E-state index in [1.807, 2.05) is 38.1 Å². The molecule has 9 heteroatoms. The van der Waals surface area contributed by atoms with Crippen LogP contribution in [-0.4, -0.2) is 22.7 Å². The van der Waals surface area contributed by atoms with Crippen molar-refractivity contribution in [2.24, 2.45) is 0 Å². The molecule has 34 heavy (non-hydrogen) atoms. The van der Waals surface area contributed by atoms with Gasteiger partial charge in [-0.25, -0.2) is 9.78 Å². The summed E-state index contributed by atoms with van der Waals surface area (Å²) in [5.74, 6) is -0.274. The molecule has 1 unspecified atom stereocenters. The minimum atomic E-state index is -4.40. The summed E-state index contributed by atoms with van der Waals surface area (Å²) in [5.41, 5.74) is 2.65. The van der Waals surface area contributed by atoms with Gasteiger partial charge in [0, 0.05) is 21.3 Å². The van der Waals surface area contributed by atoms with Crippen molar-refractivity contribution in [1.29, 1.82) is 0 Å². The van der Waals surface area contributed by atoms with Gasteiger partial charge in [-0.3, -0.25) is 0 Å². The zero-order valence-electron chi connectivity index (χ0n) is 18.2. The maximum atomic E-state index is 12.9. The van der Waals surface area contributed by atoms with Gasteiger partial charge in [-0.2, -0.15) is 13.2 Å². The van der Waals surface area contributed by atoms with Crippen LogP contribution in [-0.2, 0) is 11.0 Å². The van der Waals surface area contributed by atoms with Gasteiger partial charge in [0.15, 0.2) is 12.2 Å². The molecule has 0 aliphatic rings. The molecule has 5 nitrogen and oxygen atoms in total. The maximum absolute atomic E-state index is 12.9. The quantitative estimate of drug-likeness (QED) is 0.279. The molecule has 0 aliphatic heterocycles. The Balaban J connectivity index is 1.57. The number of carboxylic acid groups (broad SMARTS) is 1. The Morgan fingerprint density at radius 2 is 1.88 bits per heavy atom. The molecule has 176 valence electrons. The van der Waals surface area contributed by atoms with Crippen LogP contribution in [0.15, 0.2) is 70.0 Å². The van der Waals surface area contributed by atoms with Crippen LogP contribution in [0.25, 0.3) is 22.6 Å². The summed E-state index contributed by atoms with van der Waals surface area (Å²) >= 11 is 1.58. The SMILES string of the molecule is Cc1cc(SC(C)c2cccc3nc(-c4ccc(C(F)(F)F)cc4)oc23)ccc1OCC(=O)O. The van der Waals surface area contributed by atoms with E-state index in [-0.39, 0.29) is 11.1 Å². The highest BCUT2D eigenvalue weighted by molar-refractivity contribution is 7.99. The Morgan fingerprint density at radius 3 is 2.53 bits per heavy atom. The van der Waals surface area contributed by atoms with Gasteiger partial charge in [-0.05, 0) is 67.9 Å². The molecule has 1 aromatic heterocycles. The van der Waals surface area contributed by atoms with Crippen LogP contribution >= 0.6 is 11.8 Å². The highest BCUT2D eigenvalue weighted by Gasteiger charge is 2.30. The molecular formula is C25H20F3NO4S. The zero-order valence-corrected chi connectivity index (χ0v) is 19.0. The lowest BCUT2D eigenvalue weighted by atomic mass is 10.1. The fraction of sp³-hybridized carbons (Fsp3) is 0.200. The smallest absolute Gasteiger partial charge is 0.416 e. The molecule has 1 heterocycles. The molecule has 0 fully saturated rings. The summed E-state index contributed by atoms with van der Waals surface area (Å²) in [6.07, 6.45) is -4.40. The number of fused-ring (bicyclic) bond motifs is 1. The number of thioether (sulfide) groups is 1. The van der Waals surface area contributed by atoms with Crippen LogP contribution in [0.1, 0.15) is 28.9 Å². The molecule has 4 aromatic rings. The normalized spacial score (nSPS) is 12.6. The van der Waals surface area contributed by atoms with Gasteiger partial charge in [0.2, 0.25) is 5.89 Å². The zero-order chi connectivity index (χ0) is 24.5. The average molecular weight is 487 g/mol. The third-order valence-corrected chi connectivity index (χ3v) is 6.29. The monoisotopic (exact) mass is 487 g/mol. The van der Waals surface area contributed by atoms with E-state index in [0.717, 1.165) is 28.2 Å². The number of benzene rings is 3. The topological polar surface area (TPSA) is 72.6 Å². The lowest BCUT2D eigenvalue weighted by molar-refractivity contribution is -0.139. The Hall–Kier alpha value is -3.46. The van der Waals surface area contributed by atoms with Gasteiger partial charge in [-0.15, -0.1) is 11.8 Å². The summed E-state index contributed by atoms with van der Waals surface area (Å²) in [7, 11) is 0. The number of rotatable bonds is 7. The van der Waals surface area contributed by atoms with Crippen LogP contribution < -0.4 is 4.74 Å². The number of aromatic nitrogens is 1. The number of carbonyl (C=O) groups is 1. The summed E-state index contributed by atoms with van der Waals surface area (Å²) in [4.78, 5) is 16.1. The second-order valence-electron chi connectivity index (χ2n) is 7.66. The van der Waals surface area contributed by atoms with Crippen LogP contribution in [0.4, 0.5) is 13.2 Å². The van der Waals surface area contributed by atoms with Gasteiger partial charge < -0.3 is 14.3 Å². The van der Waals surface area contributed by atoms with Crippen molar-refractivity contribution in [3.05, 3.63) is 77.4 Å². The van der Waals surface area contributed by atoms with Gasteiger partial charge >= 0.3 is 12.1 Å². The van der Waals surface area contributed by atoms with Crippen molar-refractivity contribution in [2.45, 2.75) is 30.2 Å². The van der Waals surface area contributed by atoms with E-state index < -0.39 is 24.3 Å². The number of nitrogens with zero attached hydrogens (tertiary/aromatic N) is 1. The second kappa shape index (κ2) is 9.42. The molecule has 0 amide bonds. The van der Waals surface area contributed by atoms with Crippen molar-refractivity contribution in [3.63, 3.8) is 0 Å². The minimum absolute atomic E-state index is 0.0257. The average Bonchev–Trinajstić information content (AvgIpc) is 3.22. The Bertz CT molecular complexity index is 1330. The first kappa shape index (κ1) is 23.7. The van der Waals surface area contributed by atoms with Gasteiger partial charge in [0.1, 0.15) is 11.3 Å². The third-order valence-electron chi connectivity index (χ3n) is 5.15. The number of oxazole rings is 1. The Morgan fingerprint density at radius 1 is 1.15 bits per heavy atom. The van der Waals surface area contributed by atoms with E-state index in [4.69, 9.17) is 14.3 Å². The van der Waals surface area contributed by atoms with Crippen LogP contribution in [0, 0.1) is 6.92 Å². The summed E-state index contributed by atoms with van der Waals surface area (Å²) < 4.78 is 49.8. The lowest BCUT2D eigenvalue weighted by Crippen LogP contribution is -2.10. The largest absolute Gasteiger partial charge is 0.482 e. The summed E-state index contributed by atoms with van der Waals surface area (Å²) in [5, 5.41) is 8.76. The molecule has 0 saturated heterocycles. The molecule has 0 bridgehead atoms. The lowest BCUT2D eigenvalue weighted by Gasteiger charge is -2.14. The van der Waals surface area contributed by atoms with Crippen molar-refractivity contribution in [2.75, 3.05) is 6.61 Å². The highest BCUT2D eigenvalue weighted by Crippen LogP contribution is 2.40. The van der Waals surface area contributed by atoms with Crippen LogP contribution in [0.2, 0.25) is 0 Å². The van der Waals surface area contributed by atoms with Crippen molar-refractivity contribution >= 4 is 28.8 Å². The summed E-state index contributed by atoms with van der Waals surface area (Å²) in [6.45, 7) is 3.46. The molecule has 1 N–H and O–H groups in total.